The number of anilines is 2. The van der Waals surface area contributed by atoms with E-state index >= 15 is 0 Å². The summed E-state index contributed by atoms with van der Waals surface area (Å²) in [5.41, 5.74) is 3.18. The van der Waals surface area contributed by atoms with Gasteiger partial charge in [-0.2, -0.15) is 4.98 Å². The third-order valence-electron chi connectivity index (χ3n) is 3.01. The van der Waals surface area contributed by atoms with Crippen LogP contribution >= 0.6 is 0 Å². The minimum absolute atomic E-state index is 0.485. The van der Waals surface area contributed by atoms with E-state index in [1.165, 1.54) is 5.57 Å². The van der Waals surface area contributed by atoms with Gasteiger partial charge < -0.3 is 14.8 Å². The van der Waals surface area contributed by atoms with E-state index in [1.807, 2.05) is 45.0 Å². The highest BCUT2D eigenvalue weighted by atomic mass is 16.5. The van der Waals surface area contributed by atoms with Crippen LogP contribution < -0.4 is 14.8 Å². The molecule has 0 amide bonds. The third-order valence-corrected chi connectivity index (χ3v) is 3.01. The summed E-state index contributed by atoms with van der Waals surface area (Å²) < 4.78 is 10.9. The molecule has 2 rings (SSSR count). The predicted molar refractivity (Wildman–Crippen MR) is 88.0 cm³/mol. The Morgan fingerprint density at radius 2 is 2.09 bits per heavy atom. The van der Waals surface area contributed by atoms with Gasteiger partial charge >= 0.3 is 0 Å². The van der Waals surface area contributed by atoms with E-state index < -0.39 is 0 Å². The Bertz CT molecular complexity index is 665. The molecule has 0 fully saturated rings. The molecular weight excluding hydrogens is 278 g/mol. The van der Waals surface area contributed by atoms with Crippen molar-refractivity contribution in [2.24, 2.45) is 0 Å². The monoisotopic (exact) mass is 299 g/mol. The van der Waals surface area contributed by atoms with Gasteiger partial charge in [-0.05, 0) is 38.5 Å². The van der Waals surface area contributed by atoms with Gasteiger partial charge in [0.25, 0.3) is 0 Å². The number of hydrogen-bond acceptors (Lipinski definition) is 5. The van der Waals surface area contributed by atoms with Crippen LogP contribution in [0.3, 0.4) is 0 Å². The molecule has 1 heterocycles. The van der Waals surface area contributed by atoms with Crippen LogP contribution in [-0.4, -0.2) is 23.7 Å². The Balaban J connectivity index is 2.12. The Morgan fingerprint density at radius 1 is 1.27 bits per heavy atom. The average Bonchev–Trinajstić information content (AvgIpc) is 2.50. The molecular formula is C17H21N3O2. The topological polar surface area (TPSA) is 56.3 Å². The van der Waals surface area contributed by atoms with Gasteiger partial charge in [0.1, 0.15) is 12.4 Å². The molecule has 5 nitrogen and oxygen atoms in total. The van der Waals surface area contributed by atoms with Crippen molar-refractivity contribution in [1.82, 2.24) is 9.97 Å². The van der Waals surface area contributed by atoms with Crippen molar-refractivity contribution >= 4 is 11.6 Å². The number of nitrogens with zero attached hydrogens (tertiary/aromatic N) is 2. The van der Waals surface area contributed by atoms with Crippen LogP contribution in [0.25, 0.3) is 0 Å². The summed E-state index contributed by atoms with van der Waals surface area (Å²) in [6.07, 6.45) is 3.69. The first-order chi connectivity index (χ1) is 10.6. The van der Waals surface area contributed by atoms with E-state index in [0.717, 1.165) is 17.0 Å². The normalized spacial score (nSPS) is 10.0. The molecule has 0 atom stereocenters. The summed E-state index contributed by atoms with van der Waals surface area (Å²) in [6.45, 7) is 6.68. The maximum atomic E-state index is 5.79. The lowest BCUT2D eigenvalue weighted by molar-refractivity contribution is 0.359. The van der Waals surface area contributed by atoms with Crippen molar-refractivity contribution in [1.29, 1.82) is 0 Å². The molecule has 0 saturated carbocycles. The minimum atomic E-state index is 0.485. The number of aromatic nitrogens is 2. The summed E-state index contributed by atoms with van der Waals surface area (Å²) in [5.74, 6) is 1.84. The van der Waals surface area contributed by atoms with Gasteiger partial charge in [0, 0.05) is 24.0 Å². The van der Waals surface area contributed by atoms with Gasteiger partial charge in [0.2, 0.25) is 11.8 Å². The van der Waals surface area contributed by atoms with Crippen molar-refractivity contribution in [2.75, 3.05) is 19.0 Å². The highest BCUT2D eigenvalue weighted by Gasteiger charge is 2.04. The molecule has 2 aromatic rings. The summed E-state index contributed by atoms with van der Waals surface area (Å²) in [4.78, 5) is 8.40. The average molecular weight is 299 g/mol. The van der Waals surface area contributed by atoms with Gasteiger partial charge in [0.05, 0.1) is 7.11 Å². The highest BCUT2D eigenvalue weighted by molar-refractivity contribution is 5.57. The van der Waals surface area contributed by atoms with Crippen LogP contribution in [0.1, 0.15) is 19.4 Å². The molecule has 22 heavy (non-hydrogen) atoms. The molecule has 5 heteroatoms. The van der Waals surface area contributed by atoms with Crippen molar-refractivity contribution < 1.29 is 9.47 Å². The lowest BCUT2D eigenvalue weighted by Gasteiger charge is -2.11. The number of benzene rings is 1. The SMILES string of the molecule is COc1ccnc(Nc2ccc(C)c(OCC=C(C)C)c2)n1. The van der Waals surface area contributed by atoms with E-state index in [2.05, 4.69) is 15.3 Å². The fourth-order valence-corrected chi connectivity index (χ4v) is 1.78. The fourth-order valence-electron chi connectivity index (χ4n) is 1.78. The lowest BCUT2D eigenvalue weighted by Crippen LogP contribution is -2.00. The number of allylic oxidation sites excluding steroid dienone is 1. The van der Waals surface area contributed by atoms with Crippen molar-refractivity contribution in [2.45, 2.75) is 20.8 Å². The first-order valence-corrected chi connectivity index (χ1v) is 7.09. The van der Waals surface area contributed by atoms with Gasteiger partial charge in [-0.1, -0.05) is 11.6 Å². The zero-order valence-corrected chi connectivity index (χ0v) is 13.4. The number of methoxy groups -OCH3 is 1. The summed E-state index contributed by atoms with van der Waals surface area (Å²) in [6, 6.07) is 7.61. The zero-order valence-electron chi connectivity index (χ0n) is 13.4. The molecule has 1 aromatic carbocycles. The second-order valence-corrected chi connectivity index (χ2v) is 5.12. The first kappa shape index (κ1) is 15.8. The molecule has 0 aliphatic heterocycles. The number of rotatable bonds is 6. The predicted octanol–water partition coefficient (Wildman–Crippen LogP) is 3.88. The number of aryl methyl sites for hydroxylation is 1. The van der Waals surface area contributed by atoms with Gasteiger partial charge in [-0.3, -0.25) is 0 Å². The third kappa shape index (κ3) is 4.48. The Morgan fingerprint density at radius 3 is 2.82 bits per heavy atom. The van der Waals surface area contributed by atoms with Gasteiger partial charge in [-0.15, -0.1) is 0 Å². The number of ether oxygens (including phenoxy) is 2. The Kier molecular flexibility index (Phi) is 5.36. The van der Waals surface area contributed by atoms with E-state index in [0.29, 0.717) is 18.4 Å². The summed E-state index contributed by atoms with van der Waals surface area (Å²) in [5, 5.41) is 3.15. The maximum absolute atomic E-state index is 5.79. The Labute approximate surface area is 131 Å². The summed E-state index contributed by atoms with van der Waals surface area (Å²) >= 11 is 0. The standard InChI is InChI=1S/C17H21N3O2/c1-12(2)8-10-22-15-11-14(6-5-13(15)3)19-17-18-9-7-16(20-17)21-4/h5-9,11H,10H2,1-4H3,(H,18,19,20). The molecule has 0 saturated heterocycles. The van der Waals surface area contributed by atoms with Crippen LogP contribution in [0.2, 0.25) is 0 Å². The molecule has 116 valence electrons. The lowest BCUT2D eigenvalue weighted by atomic mass is 10.2. The van der Waals surface area contributed by atoms with Crippen LogP contribution in [0.5, 0.6) is 11.6 Å². The number of nitrogens with one attached hydrogen (secondary N) is 1. The van der Waals surface area contributed by atoms with Crippen molar-refractivity contribution in [3.8, 4) is 11.6 Å². The zero-order chi connectivity index (χ0) is 15.9. The summed E-state index contributed by atoms with van der Waals surface area (Å²) in [7, 11) is 1.58. The Hall–Kier alpha value is -2.56. The van der Waals surface area contributed by atoms with E-state index in [1.54, 1.807) is 19.4 Å². The van der Waals surface area contributed by atoms with E-state index in [9.17, 15) is 0 Å². The van der Waals surface area contributed by atoms with Crippen molar-refractivity contribution in [3.63, 3.8) is 0 Å². The van der Waals surface area contributed by atoms with Crippen LogP contribution in [0.15, 0.2) is 42.1 Å². The molecule has 0 aliphatic carbocycles. The quantitative estimate of drug-likeness (QED) is 0.820. The molecule has 1 N–H and O–H groups in total. The molecule has 0 aliphatic rings. The van der Waals surface area contributed by atoms with Crippen LogP contribution in [0, 0.1) is 6.92 Å². The largest absolute Gasteiger partial charge is 0.489 e. The van der Waals surface area contributed by atoms with Gasteiger partial charge in [-0.25, -0.2) is 4.98 Å². The first-order valence-electron chi connectivity index (χ1n) is 7.09. The second kappa shape index (κ2) is 7.45. The maximum Gasteiger partial charge on any atom is 0.230 e. The minimum Gasteiger partial charge on any atom is -0.489 e. The van der Waals surface area contributed by atoms with Gasteiger partial charge in [0.15, 0.2) is 0 Å². The van der Waals surface area contributed by atoms with E-state index in [4.69, 9.17) is 9.47 Å². The second-order valence-electron chi connectivity index (χ2n) is 5.12. The highest BCUT2D eigenvalue weighted by Crippen LogP contribution is 2.24. The van der Waals surface area contributed by atoms with Crippen LogP contribution in [0.4, 0.5) is 11.6 Å². The van der Waals surface area contributed by atoms with Crippen molar-refractivity contribution in [3.05, 3.63) is 47.7 Å². The molecule has 0 spiro atoms. The molecule has 0 unspecified atom stereocenters. The smallest absolute Gasteiger partial charge is 0.230 e. The van der Waals surface area contributed by atoms with Crippen LogP contribution in [-0.2, 0) is 0 Å². The number of hydrogen-bond donors (Lipinski definition) is 1. The van der Waals surface area contributed by atoms with E-state index in [-0.39, 0.29) is 0 Å². The molecule has 0 bridgehead atoms. The fraction of sp³-hybridized carbons (Fsp3) is 0.294. The molecule has 0 radical (unpaired) electrons. The molecule has 1 aromatic heterocycles.